The summed E-state index contributed by atoms with van der Waals surface area (Å²) < 4.78 is 35.8. The minimum Gasteiger partial charge on any atom is -0.465 e. The highest BCUT2D eigenvalue weighted by Crippen LogP contribution is 2.24. The molecule has 1 saturated heterocycles. The summed E-state index contributed by atoms with van der Waals surface area (Å²) >= 11 is 5.85. The summed E-state index contributed by atoms with van der Waals surface area (Å²) in [6.45, 7) is 1.12. The van der Waals surface area contributed by atoms with E-state index in [1.54, 1.807) is 0 Å². The van der Waals surface area contributed by atoms with Crippen molar-refractivity contribution < 1.29 is 22.7 Å². The van der Waals surface area contributed by atoms with Crippen molar-refractivity contribution >= 4 is 27.6 Å². The molecule has 9 heteroatoms. The molecule has 20 heavy (non-hydrogen) atoms. The highest BCUT2D eigenvalue weighted by atomic mass is 35.5. The Kier molecular flexibility index (Phi) is 4.59. The molecule has 1 fully saturated rings. The topological polar surface area (TPSA) is 85.8 Å². The normalized spacial score (nSPS) is 16.9. The van der Waals surface area contributed by atoms with E-state index < -0.39 is 16.0 Å². The lowest BCUT2D eigenvalue weighted by Gasteiger charge is -2.26. The molecule has 0 unspecified atom stereocenters. The van der Waals surface area contributed by atoms with Gasteiger partial charge in [0.2, 0.25) is 10.0 Å². The zero-order valence-corrected chi connectivity index (χ0v) is 12.3. The number of carbonyl (C=O) groups excluding carboxylic acids is 1. The maximum Gasteiger partial charge on any atom is 0.339 e. The average Bonchev–Trinajstić information content (AvgIpc) is 2.47. The van der Waals surface area contributed by atoms with Crippen LogP contribution in [0.2, 0.25) is 5.15 Å². The molecule has 1 aromatic heterocycles. The first kappa shape index (κ1) is 15.2. The van der Waals surface area contributed by atoms with E-state index in [-0.39, 0.29) is 28.7 Å². The summed E-state index contributed by atoms with van der Waals surface area (Å²) in [6.07, 6.45) is 1.17. The molecular formula is C11H13ClN2O5S. The second-order valence-electron chi connectivity index (χ2n) is 4.02. The number of hydrogen-bond acceptors (Lipinski definition) is 6. The van der Waals surface area contributed by atoms with Crippen molar-refractivity contribution in [1.29, 1.82) is 0 Å². The number of ether oxygens (including phenoxy) is 2. The fourth-order valence-electron chi connectivity index (χ4n) is 1.76. The molecule has 0 aliphatic carbocycles. The molecule has 0 radical (unpaired) electrons. The first-order valence-corrected chi connectivity index (χ1v) is 7.60. The van der Waals surface area contributed by atoms with Gasteiger partial charge in [-0.2, -0.15) is 4.31 Å². The fraction of sp³-hybridized carbons (Fsp3) is 0.455. The number of nitrogens with zero attached hydrogens (tertiary/aromatic N) is 2. The molecule has 7 nitrogen and oxygen atoms in total. The molecule has 0 bridgehead atoms. The number of halogens is 1. The highest BCUT2D eigenvalue weighted by Gasteiger charge is 2.29. The van der Waals surface area contributed by atoms with Crippen molar-refractivity contribution in [2.45, 2.75) is 4.90 Å². The molecule has 110 valence electrons. The number of morpholine rings is 1. The SMILES string of the molecule is COC(=O)c1cnc(Cl)c(S(=O)(=O)N2CCOCC2)c1. The Hall–Kier alpha value is -1.22. The molecule has 1 aromatic rings. The lowest BCUT2D eigenvalue weighted by atomic mass is 10.3. The maximum absolute atomic E-state index is 12.5. The Balaban J connectivity index is 2.42. The first-order valence-electron chi connectivity index (χ1n) is 5.78. The standard InChI is InChI=1S/C11H13ClN2O5S/c1-18-11(15)8-6-9(10(12)13-7-8)20(16,17)14-2-4-19-5-3-14/h6-7H,2-5H2,1H3. The van der Waals surface area contributed by atoms with E-state index in [4.69, 9.17) is 16.3 Å². The van der Waals surface area contributed by atoms with E-state index in [1.807, 2.05) is 0 Å². The average molecular weight is 321 g/mol. The molecule has 1 aliphatic rings. The first-order chi connectivity index (χ1) is 9.46. The summed E-state index contributed by atoms with van der Waals surface area (Å²) in [7, 11) is -2.60. The third-order valence-corrected chi connectivity index (χ3v) is 5.14. The lowest BCUT2D eigenvalue weighted by molar-refractivity contribution is 0.0599. The van der Waals surface area contributed by atoms with Gasteiger partial charge in [0.15, 0.2) is 0 Å². The summed E-state index contributed by atoms with van der Waals surface area (Å²) in [5.74, 6) is -0.674. The second kappa shape index (κ2) is 6.04. The van der Waals surface area contributed by atoms with Gasteiger partial charge in [-0.15, -0.1) is 0 Å². The predicted molar refractivity (Wildman–Crippen MR) is 70.2 cm³/mol. The molecule has 0 spiro atoms. The van der Waals surface area contributed by atoms with Gasteiger partial charge in [0.25, 0.3) is 0 Å². The van der Waals surface area contributed by atoms with Crippen LogP contribution >= 0.6 is 11.6 Å². The summed E-state index contributed by atoms with van der Waals surface area (Å²) in [6, 6.07) is 1.17. The zero-order chi connectivity index (χ0) is 14.8. The zero-order valence-electron chi connectivity index (χ0n) is 10.7. The summed E-state index contributed by atoms with van der Waals surface area (Å²) in [5, 5.41) is -0.177. The number of rotatable bonds is 3. The van der Waals surface area contributed by atoms with Crippen LogP contribution in [0.4, 0.5) is 0 Å². The Morgan fingerprint density at radius 3 is 2.70 bits per heavy atom. The Morgan fingerprint density at radius 1 is 1.45 bits per heavy atom. The van der Waals surface area contributed by atoms with Gasteiger partial charge in [-0.05, 0) is 6.07 Å². The van der Waals surface area contributed by atoms with Crippen molar-refractivity contribution in [3.05, 3.63) is 23.0 Å². The van der Waals surface area contributed by atoms with E-state index in [0.717, 1.165) is 0 Å². The molecule has 1 aliphatic heterocycles. The van der Waals surface area contributed by atoms with Crippen molar-refractivity contribution in [3.63, 3.8) is 0 Å². The van der Waals surface area contributed by atoms with E-state index in [0.29, 0.717) is 13.2 Å². The molecule has 0 saturated carbocycles. The van der Waals surface area contributed by atoms with Crippen LogP contribution in [0.25, 0.3) is 0 Å². The summed E-state index contributed by atoms with van der Waals surface area (Å²) in [4.78, 5) is 15.0. The van der Waals surface area contributed by atoms with Gasteiger partial charge >= 0.3 is 5.97 Å². The number of carbonyl (C=O) groups is 1. The van der Waals surface area contributed by atoms with E-state index in [9.17, 15) is 13.2 Å². The van der Waals surface area contributed by atoms with Gasteiger partial charge in [-0.1, -0.05) is 11.6 Å². The number of pyridine rings is 1. The minimum absolute atomic E-state index is 0.0312. The van der Waals surface area contributed by atoms with Gasteiger partial charge < -0.3 is 9.47 Å². The third-order valence-electron chi connectivity index (χ3n) is 2.82. The number of sulfonamides is 1. The highest BCUT2D eigenvalue weighted by molar-refractivity contribution is 7.89. The van der Waals surface area contributed by atoms with E-state index in [1.165, 1.54) is 23.7 Å². The van der Waals surface area contributed by atoms with Crippen molar-refractivity contribution in [3.8, 4) is 0 Å². The Labute approximate surface area is 121 Å². The Bertz CT molecular complexity index is 613. The van der Waals surface area contributed by atoms with Crippen molar-refractivity contribution in [2.75, 3.05) is 33.4 Å². The van der Waals surface area contributed by atoms with Gasteiger partial charge in [0, 0.05) is 19.3 Å². The van der Waals surface area contributed by atoms with Gasteiger partial charge in [0.05, 0.1) is 25.9 Å². The molecule has 0 amide bonds. The molecule has 2 rings (SSSR count). The predicted octanol–water partition coefficient (Wildman–Crippen LogP) is 0.542. The molecule has 0 aromatic carbocycles. The molecule has 0 atom stereocenters. The van der Waals surface area contributed by atoms with Gasteiger partial charge in [-0.3, -0.25) is 0 Å². The van der Waals surface area contributed by atoms with Crippen LogP contribution in [0, 0.1) is 0 Å². The van der Waals surface area contributed by atoms with Crippen molar-refractivity contribution in [2.24, 2.45) is 0 Å². The molecule has 2 heterocycles. The van der Waals surface area contributed by atoms with Crippen LogP contribution in [0.3, 0.4) is 0 Å². The Morgan fingerprint density at radius 2 is 2.10 bits per heavy atom. The van der Waals surface area contributed by atoms with Crippen LogP contribution in [0.5, 0.6) is 0 Å². The van der Waals surface area contributed by atoms with Gasteiger partial charge in [0.1, 0.15) is 10.0 Å². The number of esters is 1. The van der Waals surface area contributed by atoms with Gasteiger partial charge in [-0.25, -0.2) is 18.2 Å². The maximum atomic E-state index is 12.5. The van der Waals surface area contributed by atoms with Crippen LogP contribution in [-0.4, -0.2) is 57.1 Å². The second-order valence-corrected chi connectivity index (χ2v) is 6.29. The van der Waals surface area contributed by atoms with Crippen LogP contribution in [0.15, 0.2) is 17.2 Å². The smallest absolute Gasteiger partial charge is 0.339 e. The largest absolute Gasteiger partial charge is 0.465 e. The molecular weight excluding hydrogens is 308 g/mol. The minimum atomic E-state index is -3.81. The lowest BCUT2D eigenvalue weighted by Crippen LogP contribution is -2.40. The third kappa shape index (κ3) is 2.93. The van der Waals surface area contributed by atoms with E-state index in [2.05, 4.69) is 9.72 Å². The molecule has 0 N–H and O–H groups in total. The fourth-order valence-corrected chi connectivity index (χ4v) is 3.61. The van der Waals surface area contributed by atoms with E-state index >= 15 is 0 Å². The summed E-state index contributed by atoms with van der Waals surface area (Å²) in [5.41, 5.74) is 0.0312. The number of aromatic nitrogens is 1. The van der Waals surface area contributed by atoms with Crippen LogP contribution in [-0.2, 0) is 19.5 Å². The van der Waals surface area contributed by atoms with Crippen LogP contribution in [0.1, 0.15) is 10.4 Å². The number of methoxy groups -OCH3 is 1. The number of hydrogen-bond donors (Lipinski definition) is 0. The van der Waals surface area contributed by atoms with Crippen LogP contribution < -0.4 is 0 Å². The monoisotopic (exact) mass is 320 g/mol. The quantitative estimate of drug-likeness (QED) is 0.597. The van der Waals surface area contributed by atoms with Crippen molar-refractivity contribution in [1.82, 2.24) is 9.29 Å².